The largest absolute Gasteiger partial charge is 0.493 e. The van der Waals surface area contributed by atoms with Gasteiger partial charge in [0.1, 0.15) is 5.69 Å². The van der Waals surface area contributed by atoms with Gasteiger partial charge in [0.15, 0.2) is 11.6 Å². The molecule has 6 nitrogen and oxygen atoms in total. The number of methoxy groups -OCH3 is 1. The molecule has 0 saturated carbocycles. The number of carbonyl (C=O) groups is 1. The molecule has 4 heterocycles. The van der Waals surface area contributed by atoms with Crippen LogP contribution in [0.4, 0.5) is 9.18 Å². The van der Waals surface area contributed by atoms with Crippen molar-refractivity contribution in [3.05, 3.63) is 35.3 Å². The smallest absolute Gasteiger partial charge is 0.345 e. The number of hydrogen-bond acceptors (Lipinski definition) is 4. The van der Waals surface area contributed by atoms with Crippen LogP contribution in [0.1, 0.15) is 30.5 Å². The maximum absolute atomic E-state index is 14.3. The molecule has 28 heavy (non-hydrogen) atoms. The summed E-state index contributed by atoms with van der Waals surface area (Å²) >= 11 is 0. The van der Waals surface area contributed by atoms with Gasteiger partial charge in [-0.15, -0.1) is 0 Å². The fraction of sp³-hybridized carbons (Fsp3) is 0.524. The number of benzene rings is 1. The number of nitrogens with zero attached hydrogens (tertiary/aromatic N) is 4. The van der Waals surface area contributed by atoms with E-state index in [4.69, 9.17) is 9.84 Å². The molecule has 0 unspecified atom stereocenters. The van der Waals surface area contributed by atoms with Crippen molar-refractivity contribution in [2.24, 2.45) is 0 Å². The second-order valence-corrected chi connectivity index (χ2v) is 7.91. The van der Waals surface area contributed by atoms with Crippen molar-refractivity contribution >= 4 is 6.03 Å². The molecule has 7 heteroatoms. The van der Waals surface area contributed by atoms with Crippen LogP contribution in [0.5, 0.6) is 5.75 Å². The highest BCUT2D eigenvalue weighted by atomic mass is 19.1. The summed E-state index contributed by atoms with van der Waals surface area (Å²) in [6.45, 7) is 3.81. The average molecular weight is 384 g/mol. The van der Waals surface area contributed by atoms with Crippen LogP contribution in [0, 0.1) is 5.82 Å². The summed E-state index contributed by atoms with van der Waals surface area (Å²) in [4.78, 5) is 17.9. The fourth-order valence-corrected chi connectivity index (χ4v) is 4.97. The fourth-order valence-electron chi connectivity index (χ4n) is 4.97. The van der Waals surface area contributed by atoms with Crippen LogP contribution in [0.2, 0.25) is 0 Å². The van der Waals surface area contributed by atoms with Gasteiger partial charge in [-0.25, -0.2) is 9.18 Å². The second kappa shape index (κ2) is 6.88. The monoisotopic (exact) mass is 384 g/mol. The predicted molar refractivity (Wildman–Crippen MR) is 103 cm³/mol. The summed E-state index contributed by atoms with van der Waals surface area (Å²) in [6.07, 6.45) is 4.73. The number of fused-ring (bicyclic) bond motifs is 5. The van der Waals surface area contributed by atoms with Crippen molar-refractivity contribution in [2.45, 2.75) is 38.1 Å². The number of carbonyl (C=O) groups excluding carboxylic acids is 1. The van der Waals surface area contributed by atoms with Gasteiger partial charge in [-0.3, -0.25) is 0 Å². The highest BCUT2D eigenvalue weighted by Gasteiger charge is 2.35. The first kappa shape index (κ1) is 17.7. The zero-order chi connectivity index (χ0) is 19.3. The highest BCUT2D eigenvalue weighted by Crippen LogP contribution is 2.38. The molecule has 1 aliphatic carbocycles. The van der Waals surface area contributed by atoms with Crippen LogP contribution >= 0.6 is 0 Å². The lowest BCUT2D eigenvalue weighted by Gasteiger charge is -2.31. The molecule has 2 aromatic rings. The lowest BCUT2D eigenvalue weighted by Crippen LogP contribution is -2.44. The molecular formula is C21H25FN4O2. The zero-order valence-corrected chi connectivity index (χ0v) is 16.2. The first-order valence-electron chi connectivity index (χ1n) is 10.1. The van der Waals surface area contributed by atoms with Crippen LogP contribution in [-0.4, -0.2) is 64.9 Å². The van der Waals surface area contributed by atoms with E-state index >= 15 is 0 Å². The van der Waals surface area contributed by atoms with Crippen LogP contribution < -0.4 is 4.74 Å². The van der Waals surface area contributed by atoms with Crippen molar-refractivity contribution in [3.8, 4) is 17.0 Å². The molecule has 2 bridgehead atoms. The number of aromatic nitrogens is 2. The Bertz CT molecular complexity index is 917. The molecule has 6 rings (SSSR count). The van der Waals surface area contributed by atoms with E-state index in [0.717, 1.165) is 69.5 Å². The summed E-state index contributed by atoms with van der Waals surface area (Å²) < 4.78 is 21.2. The van der Waals surface area contributed by atoms with Gasteiger partial charge in [-0.1, -0.05) is 6.07 Å². The van der Waals surface area contributed by atoms with Gasteiger partial charge in [0.2, 0.25) is 0 Å². The molecule has 1 amide bonds. The third kappa shape index (κ3) is 2.71. The molecule has 0 spiro atoms. The molecule has 4 aliphatic rings. The summed E-state index contributed by atoms with van der Waals surface area (Å²) in [5.41, 5.74) is 3.33. The number of para-hydroxylation sites is 1. The summed E-state index contributed by atoms with van der Waals surface area (Å²) in [6, 6.07) is 5.12. The first-order chi connectivity index (χ1) is 13.7. The number of piperidine rings is 1. The SMILES string of the molecule is COc1c(F)cccc1-c1nn(C(=O)N2CCN3CCC2CC3)c2c1CCC2. The molecule has 1 aromatic heterocycles. The average Bonchev–Trinajstić information content (AvgIpc) is 3.19. The number of halogens is 1. The van der Waals surface area contributed by atoms with Crippen molar-refractivity contribution in [1.82, 2.24) is 19.6 Å². The number of hydrogen-bond donors (Lipinski definition) is 0. The van der Waals surface area contributed by atoms with Crippen molar-refractivity contribution < 1.29 is 13.9 Å². The first-order valence-corrected chi connectivity index (χ1v) is 10.1. The predicted octanol–water partition coefficient (Wildman–Crippen LogP) is 2.93. The van der Waals surface area contributed by atoms with Gasteiger partial charge >= 0.3 is 6.03 Å². The quantitative estimate of drug-likeness (QED) is 0.799. The minimum absolute atomic E-state index is 0.0338. The van der Waals surface area contributed by atoms with Crippen LogP contribution in [0.25, 0.3) is 11.3 Å². The van der Waals surface area contributed by atoms with E-state index in [9.17, 15) is 9.18 Å². The summed E-state index contributed by atoms with van der Waals surface area (Å²) in [5, 5.41) is 4.71. The van der Waals surface area contributed by atoms with Gasteiger partial charge in [0.05, 0.1) is 12.8 Å². The Kier molecular flexibility index (Phi) is 4.34. The standard InChI is InChI=1S/C21H25FN4O2/c1-28-20-16(5-2-6-17(20)22)19-15-4-3-7-18(15)26(23-19)21(27)25-13-12-24-10-8-14(25)9-11-24/h2,5-6,14H,3-4,7-13H2,1H3. The van der Waals surface area contributed by atoms with E-state index in [-0.39, 0.29) is 11.8 Å². The van der Waals surface area contributed by atoms with Crippen molar-refractivity contribution in [3.63, 3.8) is 0 Å². The Labute approximate surface area is 163 Å². The van der Waals surface area contributed by atoms with Gasteiger partial charge in [0.25, 0.3) is 0 Å². The molecule has 148 valence electrons. The molecule has 3 aliphatic heterocycles. The Balaban J connectivity index is 1.56. The Morgan fingerprint density at radius 3 is 2.79 bits per heavy atom. The molecular weight excluding hydrogens is 359 g/mol. The number of rotatable bonds is 2. The topological polar surface area (TPSA) is 50.6 Å². The zero-order valence-electron chi connectivity index (χ0n) is 16.2. The van der Waals surface area contributed by atoms with E-state index in [0.29, 0.717) is 17.3 Å². The molecule has 0 N–H and O–H groups in total. The normalized spacial score (nSPS) is 23.6. The molecule has 3 fully saturated rings. The van der Waals surface area contributed by atoms with Gasteiger partial charge in [-0.05, 0) is 44.2 Å². The minimum atomic E-state index is -0.411. The molecule has 0 atom stereocenters. The van der Waals surface area contributed by atoms with Crippen LogP contribution in [-0.2, 0) is 12.8 Å². The molecule has 3 saturated heterocycles. The lowest BCUT2D eigenvalue weighted by atomic mass is 10.1. The third-order valence-corrected chi connectivity index (χ3v) is 6.44. The number of ether oxygens (including phenoxy) is 1. The van der Waals surface area contributed by atoms with Crippen molar-refractivity contribution in [2.75, 3.05) is 33.3 Å². The maximum atomic E-state index is 14.3. The third-order valence-electron chi connectivity index (χ3n) is 6.44. The van der Waals surface area contributed by atoms with E-state index < -0.39 is 5.82 Å². The molecule has 0 radical (unpaired) electrons. The van der Waals surface area contributed by atoms with Crippen LogP contribution in [0.3, 0.4) is 0 Å². The lowest BCUT2D eigenvalue weighted by molar-refractivity contribution is 0.168. The van der Waals surface area contributed by atoms with Crippen molar-refractivity contribution in [1.29, 1.82) is 0 Å². The molecule has 1 aromatic carbocycles. The summed E-state index contributed by atoms with van der Waals surface area (Å²) in [7, 11) is 1.47. The Morgan fingerprint density at radius 2 is 2.00 bits per heavy atom. The summed E-state index contributed by atoms with van der Waals surface area (Å²) in [5.74, 6) is -0.221. The van der Waals surface area contributed by atoms with E-state index in [1.807, 2.05) is 11.0 Å². The van der Waals surface area contributed by atoms with E-state index in [2.05, 4.69) is 4.90 Å². The van der Waals surface area contributed by atoms with E-state index in [1.165, 1.54) is 13.2 Å². The van der Waals surface area contributed by atoms with Crippen LogP contribution in [0.15, 0.2) is 18.2 Å². The Morgan fingerprint density at radius 1 is 1.18 bits per heavy atom. The van der Waals surface area contributed by atoms with E-state index in [1.54, 1.807) is 10.7 Å². The van der Waals surface area contributed by atoms with Gasteiger partial charge in [-0.2, -0.15) is 9.78 Å². The van der Waals surface area contributed by atoms with Gasteiger partial charge in [0, 0.05) is 43.3 Å². The minimum Gasteiger partial charge on any atom is -0.493 e. The second-order valence-electron chi connectivity index (χ2n) is 7.91. The maximum Gasteiger partial charge on any atom is 0.345 e. The van der Waals surface area contributed by atoms with Gasteiger partial charge < -0.3 is 14.5 Å². The highest BCUT2D eigenvalue weighted by molar-refractivity contribution is 5.81. The Hall–Kier alpha value is -2.41. The number of amides is 1.